The maximum atomic E-state index is 11.2. The van der Waals surface area contributed by atoms with Gasteiger partial charge in [0.05, 0.1) is 5.52 Å². The Hall–Kier alpha value is -3.15. The lowest BCUT2D eigenvalue weighted by Gasteiger charge is -2.11. The number of hydrogen-bond donors (Lipinski definition) is 3. The third kappa shape index (κ3) is 3.85. The molecule has 3 aromatic rings. The molecule has 128 valence electrons. The number of nitrogens with one attached hydrogen (secondary N) is 2. The summed E-state index contributed by atoms with van der Waals surface area (Å²) in [7, 11) is 0. The Morgan fingerprint density at radius 3 is 2.72 bits per heavy atom. The van der Waals surface area contributed by atoms with E-state index in [-0.39, 0.29) is 17.7 Å². The second-order valence-corrected chi connectivity index (χ2v) is 6.18. The molecule has 6 nitrogen and oxygen atoms in total. The molecule has 0 aliphatic rings. The van der Waals surface area contributed by atoms with Gasteiger partial charge in [0.15, 0.2) is 0 Å². The minimum atomic E-state index is -0.140. The maximum absolute atomic E-state index is 11.2. The normalized spacial score (nSPS) is 10.9. The van der Waals surface area contributed by atoms with E-state index < -0.39 is 0 Å². The zero-order chi connectivity index (χ0) is 18.0. The van der Waals surface area contributed by atoms with E-state index in [1.165, 1.54) is 6.92 Å². The number of aromatic nitrogens is 2. The molecule has 0 radical (unpaired) electrons. The highest BCUT2D eigenvalue weighted by Crippen LogP contribution is 2.34. The van der Waals surface area contributed by atoms with E-state index in [0.717, 1.165) is 10.9 Å². The number of aromatic hydroxyl groups is 1. The Bertz CT molecular complexity index is 938. The number of fused-ring (bicyclic) bond motifs is 1. The van der Waals surface area contributed by atoms with E-state index >= 15 is 0 Å². The van der Waals surface area contributed by atoms with Gasteiger partial charge in [0.1, 0.15) is 5.75 Å². The van der Waals surface area contributed by atoms with Gasteiger partial charge in [0.25, 0.3) is 0 Å². The Kier molecular flexibility index (Phi) is 4.52. The summed E-state index contributed by atoms with van der Waals surface area (Å²) < 4.78 is 0. The topological polar surface area (TPSA) is 87.1 Å². The third-order valence-corrected chi connectivity index (χ3v) is 3.61. The van der Waals surface area contributed by atoms with Gasteiger partial charge in [-0.15, -0.1) is 0 Å². The third-order valence-electron chi connectivity index (χ3n) is 3.61. The number of benzene rings is 2. The van der Waals surface area contributed by atoms with Crippen LogP contribution in [0.5, 0.6) is 5.75 Å². The van der Waals surface area contributed by atoms with E-state index in [0.29, 0.717) is 22.7 Å². The van der Waals surface area contributed by atoms with Crippen LogP contribution in [0.15, 0.2) is 42.6 Å². The number of carbonyl (C=O) groups excluding carboxylic acids is 1. The van der Waals surface area contributed by atoms with Crippen molar-refractivity contribution in [1.29, 1.82) is 0 Å². The van der Waals surface area contributed by atoms with Crippen LogP contribution in [-0.2, 0) is 4.79 Å². The van der Waals surface area contributed by atoms with Gasteiger partial charge in [-0.1, -0.05) is 12.1 Å². The Morgan fingerprint density at radius 1 is 1.20 bits per heavy atom. The van der Waals surface area contributed by atoms with Gasteiger partial charge in [-0.2, -0.15) is 0 Å². The van der Waals surface area contributed by atoms with Gasteiger partial charge in [-0.25, -0.2) is 9.97 Å². The molecule has 0 atom stereocenters. The summed E-state index contributed by atoms with van der Waals surface area (Å²) in [5, 5.41) is 17.2. The van der Waals surface area contributed by atoms with Crippen molar-refractivity contribution in [2.24, 2.45) is 0 Å². The lowest BCUT2D eigenvalue weighted by atomic mass is 10.0. The van der Waals surface area contributed by atoms with Crippen molar-refractivity contribution in [3.8, 4) is 16.9 Å². The molecule has 0 fully saturated rings. The summed E-state index contributed by atoms with van der Waals surface area (Å²) in [6, 6.07) is 11.0. The lowest BCUT2D eigenvalue weighted by molar-refractivity contribution is -0.114. The fourth-order valence-corrected chi connectivity index (χ4v) is 2.59. The van der Waals surface area contributed by atoms with Crippen molar-refractivity contribution in [2.45, 2.75) is 26.8 Å². The van der Waals surface area contributed by atoms with Gasteiger partial charge in [0, 0.05) is 41.9 Å². The summed E-state index contributed by atoms with van der Waals surface area (Å²) >= 11 is 0. The molecular formula is C19H20N4O2. The van der Waals surface area contributed by atoms with Crippen LogP contribution in [0.3, 0.4) is 0 Å². The monoisotopic (exact) mass is 336 g/mol. The average molecular weight is 336 g/mol. The summed E-state index contributed by atoms with van der Waals surface area (Å²) in [6.45, 7) is 5.48. The van der Waals surface area contributed by atoms with Crippen LogP contribution in [0.4, 0.5) is 11.6 Å². The summed E-state index contributed by atoms with van der Waals surface area (Å²) in [4.78, 5) is 20.0. The molecule has 6 heteroatoms. The van der Waals surface area contributed by atoms with Crippen molar-refractivity contribution in [2.75, 3.05) is 10.6 Å². The number of amides is 1. The van der Waals surface area contributed by atoms with Crippen molar-refractivity contribution >= 4 is 28.4 Å². The van der Waals surface area contributed by atoms with Crippen molar-refractivity contribution in [3.05, 3.63) is 42.6 Å². The van der Waals surface area contributed by atoms with E-state index in [2.05, 4.69) is 20.6 Å². The van der Waals surface area contributed by atoms with E-state index in [1.54, 1.807) is 18.3 Å². The van der Waals surface area contributed by atoms with Gasteiger partial charge in [0.2, 0.25) is 11.9 Å². The summed E-state index contributed by atoms with van der Waals surface area (Å²) in [5.74, 6) is 0.516. The van der Waals surface area contributed by atoms with E-state index in [4.69, 9.17) is 0 Å². The molecule has 0 unspecified atom stereocenters. The SMILES string of the molecule is CC(=O)Nc1cccc(-c2cc3cnc(NC(C)C)nc3cc2O)c1. The predicted molar refractivity (Wildman–Crippen MR) is 99.7 cm³/mol. The number of nitrogens with zero attached hydrogens (tertiary/aromatic N) is 2. The molecule has 0 spiro atoms. The number of phenolic OH excluding ortho intramolecular Hbond substituents is 1. The highest BCUT2D eigenvalue weighted by molar-refractivity contribution is 5.91. The number of anilines is 2. The first kappa shape index (κ1) is 16.7. The van der Waals surface area contributed by atoms with Crippen LogP contribution in [0.25, 0.3) is 22.0 Å². The molecule has 1 amide bonds. The fourth-order valence-electron chi connectivity index (χ4n) is 2.59. The minimum absolute atomic E-state index is 0.127. The van der Waals surface area contributed by atoms with Crippen LogP contribution in [0.1, 0.15) is 20.8 Å². The minimum Gasteiger partial charge on any atom is -0.507 e. The van der Waals surface area contributed by atoms with Crippen LogP contribution < -0.4 is 10.6 Å². The first-order valence-electron chi connectivity index (χ1n) is 8.06. The zero-order valence-electron chi connectivity index (χ0n) is 14.4. The highest BCUT2D eigenvalue weighted by atomic mass is 16.3. The molecule has 1 aromatic heterocycles. The maximum Gasteiger partial charge on any atom is 0.223 e. The van der Waals surface area contributed by atoms with Gasteiger partial charge < -0.3 is 15.7 Å². The Morgan fingerprint density at radius 2 is 2.00 bits per heavy atom. The van der Waals surface area contributed by atoms with Crippen LogP contribution >= 0.6 is 0 Å². The molecule has 1 heterocycles. The smallest absolute Gasteiger partial charge is 0.223 e. The van der Waals surface area contributed by atoms with Gasteiger partial charge in [-0.05, 0) is 37.6 Å². The van der Waals surface area contributed by atoms with Crippen molar-refractivity contribution in [1.82, 2.24) is 9.97 Å². The first-order valence-corrected chi connectivity index (χ1v) is 8.06. The van der Waals surface area contributed by atoms with Gasteiger partial charge >= 0.3 is 0 Å². The standard InChI is InChI=1S/C19H20N4O2/c1-11(2)21-19-20-10-14-8-16(18(25)9-17(14)23-19)13-5-4-6-15(7-13)22-12(3)24/h4-11,25H,1-3H3,(H,22,24)(H,20,21,23). The molecule has 0 saturated heterocycles. The van der Waals surface area contributed by atoms with Crippen molar-refractivity contribution in [3.63, 3.8) is 0 Å². The largest absolute Gasteiger partial charge is 0.507 e. The van der Waals surface area contributed by atoms with Crippen LogP contribution in [0, 0.1) is 0 Å². The first-order chi connectivity index (χ1) is 11.9. The quantitative estimate of drug-likeness (QED) is 0.675. The second-order valence-electron chi connectivity index (χ2n) is 6.18. The zero-order valence-corrected chi connectivity index (χ0v) is 14.4. The van der Waals surface area contributed by atoms with Crippen LogP contribution in [-0.4, -0.2) is 27.0 Å². The predicted octanol–water partition coefficient (Wildman–Crippen LogP) is 3.78. The van der Waals surface area contributed by atoms with Crippen molar-refractivity contribution < 1.29 is 9.90 Å². The molecule has 0 aliphatic heterocycles. The second kappa shape index (κ2) is 6.76. The number of phenols is 1. The average Bonchev–Trinajstić information content (AvgIpc) is 2.53. The highest BCUT2D eigenvalue weighted by Gasteiger charge is 2.10. The summed E-state index contributed by atoms with van der Waals surface area (Å²) in [5.41, 5.74) is 2.80. The number of carbonyl (C=O) groups is 1. The molecular weight excluding hydrogens is 316 g/mol. The molecule has 25 heavy (non-hydrogen) atoms. The Balaban J connectivity index is 2.02. The molecule has 3 rings (SSSR count). The molecule has 0 aliphatic carbocycles. The number of hydrogen-bond acceptors (Lipinski definition) is 5. The molecule has 2 aromatic carbocycles. The van der Waals surface area contributed by atoms with E-state index in [1.807, 2.05) is 38.1 Å². The fraction of sp³-hybridized carbons (Fsp3) is 0.211. The van der Waals surface area contributed by atoms with E-state index in [9.17, 15) is 9.90 Å². The lowest BCUT2D eigenvalue weighted by Crippen LogP contribution is -2.12. The van der Waals surface area contributed by atoms with Gasteiger partial charge in [-0.3, -0.25) is 4.79 Å². The molecule has 3 N–H and O–H groups in total. The number of rotatable bonds is 4. The molecule has 0 saturated carbocycles. The van der Waals surface area contributed by atoms with Crippen LogP contribution in [0.2, 0.25) is 0 Å². The molecule has 0 bridgehead atoms. The Labute approximate surface area is 145 Å². The summed E-state index contributed by atoms with van der Waals surface area (Å²) in [6.07, 6.45) is 1.73.